The molecule has 1 aliphatic rings. The lowest BCUT2D eigenvalue weighted by atomic mass is 10.1. The molecule has 3 aromatic rings. The zero-order chi connectivity index (χ0) is 15.8. The summed E-state index contributed by atoms with van der Waals surface area (Å²) >= 11 is 0. The molecule has 0 saturated carbocycles. The summed E-state index contributed by atoms with van der Waals surface area (Å²) in [7, 11) is 0. The molecule has 23 heavy (non-hydrogen) atoms. The van der Waals surface area contributed by atoms with Gasteiger partial charge < -0.3 is 9.84 Å². The van der Waals surface area contributed by atoms with Crippen LogP contribution in [0.25, 0.3) is 11.1 Å². The predicted octanol–water partition coefficient (Wildman–Crippen LogP) is 4.32. The molecule has 0 unspecified atom stereocenters. The molecule has 0 atom stereocenters. The Hall–Kier alpha value is -3.07. The Morgan fingerprint density at radius 1 is 0.826 bits per heavy atom. The second kappa shape index (κ2) is 5.29. The van der Waals surface area contributed by atoms with Gasteiger partial charge in [0.05, 0.1) is 5.56 Å². The second-order valence-electron chi connectivity index (χ2n) is 5.51. The van der Waals surface area contributed by atoms with Gasteiger partial charge in [-0.3, -0.25) is 0 Å². The normalized spacial score (nSPS) is 12.5. The van der Waals surface area contributed by atoms with Crippen molar-refractivity contribution in [1.29, 1.82) is 0 Å². The van der Waals surface area contributed by atoms with E-state index in [9.17, 15) is 9.90 Å². The summed E-state index contributed by atoms with van der Waals surface area (Å²) in [5, 5.41) is 9.53. The lowest BCUT2D eigenvalue weighted by molar-refractivity contribution is 0.0385. The minimum atomic E-state index is -0.447. The van der Waals surface area contributed by atoms with E-state index in [4.69, 9.17) is 4.74 Å². The maximum atomic E-state index is 12.4. The van der Waals surface area contributed by atoms with E-state index in [1.807, 2.05) is 48.5 Å². The average Bonchev–Trinajstić information content (AvgIpc) is 2.90. The van der Waals surface area contributed by atoms with Crippen molar-refractivity contribution >= 4 is 5.97 Å². The third-order valence-corrected chi connectivity index (χ3v) is 4.08. The maximum Gasteiger partial charge on any atom is 0.339 e. The molecule has 4 rings (SSSR count). The van der Waals surface area contributed by atoms with E-state index in [0.717, 1.165) is 22.3 Å². The highest BCUT2D eigenvalue weighted by Crippen LogP contribution is 2.45. The lowest BCUT2D eigenvalue weighted by Gasteiger charge is -2.15. The minimum absolute atomic E-state index is 0.0478. The van der Waals surface area contributed by atoms with Gasteiger partial charge in [0.2, 0.25) is 0 Å². The standard InChI is InChI=1S/C20H14O3/c21-14-7-5-6-13(12-14)20(22)23-19-17-10-3-1-8-15(17)16-9-2-4-11-18(16)19/h1-12,19,21H. The highest BCUT2D eigenvalue weighted by molar-refractivity contribution is 5.91. The molecule has 0 saturated heterocycles. The molecule has 0 aromatic heterocycles. The van der Waals surface area contributed by atoms with Gasteiger partial charge in [-0.15, -0.1) is 0 Å². The molecule has 0 aliphatic heterocycles. The van der Waals surface area contributed by atoms with Gasteiger partial charge in [0.25, 0.3) is 0 Å². The number of esters is 1. The molecule has 3 nitrogen and oxygen atoms in total. The predicted molar refractivity (Wildman–Crippen MR) is 87.2 cm³/mol. The highest BCUT2D eigenvalue weighted by atomic mass is 16.5. The number of rotatable bonds is 2. The molecule has 1 aliphatic carbocycles. The van der Waals surface area contributed by atoms with Crippen molar-refractivity contribution in [2.75, 3.05) is 0 Å². The summed E-state index contributed by atoms with van der Waals surface area (Å²) in [5.74, 6) is -0.399. The largest absolute Gasteiger partial charge is 0.508 e. The number of ether oxygens (including phenoxy) is 1. The number of fused-ring (bicyclic) bond motifs is 3. The fourth-order valence-corrected chi connectivity index (χ4v) is 3.04. The fraction of sp³-hybridized carbons (Fsp3) is 0.0500. The Bertz CT molecular complexity index is 853. The summed E-state index contributed by atoms with van der Waals surface area (Å²) in [6.45, 7) is 0. The van der Waals surface area contributed by atoms with Gasteiger partial charge in [0.1, 0.15) is 5.75 Å². The van der Waals surface area contributed by atoms with E-state index in [1.165, 1.54) is 12.1 Å². The fourth-order valence-electron chi connectivity index (χ4n) is 3.04. The first kappa shape index (κ1) is 13.6. The summed E-state index contributed by atoms with van der Waals surface area (Å²) in [4.78, 5) is 12.4. The molecule has 3 aromatic carbocycles. The number of benzene rings is 3. The van der Waals surface area contributed by atoms with Crippen LogP contribution in [-0.2, 0) is 4.74 Å². The number of phenolic OH excluding ortho intramolecular Hbond substituents is 1. The zero-order valence-electron chi connectivity index (χ0n) is 12.3. The number of phenols is 1. The third kappa shape index (κ3) is 2.27. The Morgan fingerprint density at radius 2 is 1.43 bits per heavy atom. The molecular weight excluding hydrogens is 288 g/mol. The van der Waals surface area contributed by atoms with Crippen LogP contribution in [0, 0.1) is 0 Å². The van der Waals surface area contributed by atoms with Gasteiger partial charge >= 0.3 is 5.97 Å². The van der Waals surface area contributed by atoms with Crippen molar-refractivity contribution in [2.24, 2.45) is 0 Å². The molecule has 0 amide bonds. The Balaban J connectivity index is 1.73. The maximum absolute atomic E-state index is 12.4. The molecule has 112 valence electrons. The number of hydrogen-bond donors (Lipinski definition) is 1. The van der Waals surface area contributed by atoms with Crippen LogP contribution in [0.4, 0.5) is 0 Å². The van der Waals surface area contributed by atoms with Crippen LogP contribution in [0.3, 0.4) is 0 Å². The number of aromatic hydroxyl groups is 1. The molecule has 0 fully saturated rings. The lowest BCUT2D eigenvalue weighted by Crippen LogP contribution is -2.10. The smallest absolute Gasteiger partial charge is 0.339 e. The minimum Gasteiger partial charge on any atom is -0.508 e. The summed E-state index contributed by atoms with van der Waals surface area (Å²) in [6.07, 6.45) is -0.419. The van der Waals surface area contributed by atoms with Gasteiger partial charge in [0.15, 0.2) is 6.10 Å². The average molecular weight is 302 g/mol. The molecule has 3 heteroatoms. The van der Waals surface area contributed by atoms with Crippen molar-refractivity contribution in [3.05, 3.63) is 89.5 Å². The van der Waals surface area contributed by atoms with Crippen LogP contribution in [0.2, 0.25) is 0 Å². The van der Waals surface area contributed by atoms with Gasteiger partial charge in [-0.25, -0.2) is 4.79 Å². The van der Waals surface area contributed by atoms with Gasteiger partial charge in [0, 0.05) is 11.1 Å². The molecule has 0 heterocycles. The van der Waals surface area contributed by atoms with Crippen LogP contribution in [0.1, 0.15) is 27.6 Å². The van der Waals surface area contributed by atoms with Crippen molar-refractivity contribution in [2.45, 2.75) is 6.10 Å². The van der Waals surface area contributed by atoms with Crippen LogP contribution in [-0.4, -0.2) is 11.1 Å². The number of hydrogen-bond acceptors (Lipinski definition) is 3. The quantitative estimate of drug-likeness (QED) is 0.717. The SMILES string of the molecule is O=C(OC1c2ccccc2-c2ccccc21)c1cccc(O)c1. The highest BCUT2D eigenvalue weighted by Gasteiger charge is 2.31. The van der Waals surface area contributed by atoms with E-state index in [2.05, 4.69) is 0 Å². The molecular formula is C20H14O3. The summed E-state index contributed by atoms with van der Waals surface area (Å²) < 4.78 is 5.76. The first-order valence-corrected chi connectivity index (χ1v) is 7.42. The number of carbonyl (C=O) groups is 1. The molecule has 0 bridgehead atoms. The first-order chi connectivity index (χ1) is 11.2. The van der Waals surface area contributed by atoms with E-state index >= 15 is 0 Å². The van der Waals surface area contributed by atoms with Crippen molar-refractivity contribution in [3.63, 3.8) is 0 Å². The van der Waals surface area contributed by atoms with Crippen LogP contribution < -0.4 is 0 Å². The summed E-state index contributed by atoms with van der Waals surface area (Å²) in [6, 6.07) is 22.1. The molecule has 0 spiro atoms. The van der Waals surface area contributed by atoms with Crippen molar-refractivity contribution in [3.8, 4) is 16.9 Å². The Morgan fingerprint density at radius 3 is 2.04 bits per heavy atom. The Labute approximate surface area is 133 Å². The van der Waals surface area contributed by atoms with E-state index in [0.29, 0.717) is 5.56 Å². The van der Waals surface area contributed by atoms with E-state index < -0.39 is 12.1 Å². The third-order valence-electron chi connectivity index (χ3n) is 4.08. The first-order valence-electron chi connectivity index (χ1n) is 7.42. The van der Waals surface area contributed by atoms with Gasteiger partial charge in [-0.1, -0.05) is 54.6 Å². The van der Waals surface area contributed by atoms with Crippen molar-refractivity contribution < 1.29 is 14.6 Å². The van der Waals surface area contributed by atoms with Gasteiger partial charge in [-0.2, -0.15) is 0 Å². The summed E-state index contributed by atoms with van der Waals surface area (Å²) in [5.41, 5.74) is 4.50. The van der Waals surface area contributed by atoms with Crippen LogP contribution in [0.15, 0.2) is 72.8 Å². The molecule has 1 N–H and O–H groups in total. The Kier molecular flexibility index (Phi) is 3.12. The topological polar surface area (TPSA) is 46.5 Å². The van der Waals surface area contributed by atoms with Crippen LogP contribution >= 0.6 is 0 Å². The van der Waals surface area contributed by atoms with E-state index in [1.54, 1.807) is 12.1 Å². The molecule has 0 radical (unpaired) electrons. The zero-order valence-corrected chi connectivity index (χ0v) is 12.3. The monoisotopic (exact) mass is 302 g/mol. The van der Waals surface area contributed by atoms with Crippen LogP contribution in [0.5, 0.6) is 5.75 Å². The van der Waals surface area contributed by atoms with Crippen molar-refractivity contribution in [1.82, 2.24) is 0 Å². The van der Waals surface area contributed by atoms with E-state index in [-0.39, 0.29) is 5.75 Å². The second-order valence-corrected chi connectivity index (χ2v) is 5.51. The van der Waals surface area contributed by atoms with Gasteiger partial charge in [-0.05, 0) is 29.3 Å². The number of carbonyl (C=O) groups excluding carboxylic acids is 1.